The number of likely N-dealkylation sites (N-methyl/N-ethyl adjacent to an activating group) is 1. The highest BCUT2D eigenvalue weighted by molar-refractivity contribution is 6.06. The molecule has 1 aliphatic rings. The average molecular weight is 316 g/mol. The van der Waals surface area contributed by atoms with Crippen LogP contribution in [0.4, 0.5) is 0 Å². The van der Waals surface area contributed by atoms with Gasteiger partial charge in [0.05, 0.1) is 24.8 Å². The van der Waals surface area contributed by atoms with Gasteiger partial charge >= 0.3 is 0 Å². The molecule has 0 aliphatic carbocycles. The number of aliphatic hydroxyl groups is 1. The first kappa shape index (κ1) is 15.9. The zero-order valence-electron chi connectivity index (χ0n) is 13.2. The van der Waals surface area contributed by atoms with Crippen LogP contribution in [0.1, 0.15) is 10.4 Å². The van der Waals surface area contributed by atoms with E-state index in [1.807, 2.05) is 18.2 Å². The molecule has 3 rings (SSSR count). The zero-order valence-corrected chi connectivity index (χ0v) is 13.2. The number of ether oxygens (including phenoxy) is 2. The number of carbonyl (C=O) groups is 1. The van der Waals surface area contributed by atoms with Crippen LogP contribution in [0, 0.1) is 0 Å². The van der Waals surface area contributed by atoms with Crippen molar-refractivity contribution in [1.82, 2.24) is 9.88 Å². The third kappa shape index (κ3) is 2.93. The lowest BCUT2D eigenvalue weighted by molar-refractivity contribution is -0.135. The molecule has 0 spiro atoms. The summed E-state index contributed by atoms with van der Waals surface area (Å²) < 4.78 is 10.7. The van der Waals surface area contributed by atoms with Crippen LogP contribution in [0.2, 0.25) is 0 Å². The van der Waals surface area contributed by atoms with Crippen molar-refractivity contribution in [2.24, 2.45) is 0 Å². The van der Waals surface area contributed by atoms with E-state index in [1.54, 1.807) is 25.4 Å². The Bertz CT molecular complexity index is 701. The van der Waals surface area contributed by atoms with Gasteiger partial charge < -0.3 is 19.5 Å². The molecule has 6 nitrogen and oxygen atoms in total. The minimum Gasteiger partial charge on any atom is -0.388 e. The molecule has 0 radical (unpaired) electrons. The van der Waals surface area contributed by atoms with E-state index in [9.17, 15) is 9.90 Å². The zero-order chi connectivity index (χ0) is 16.4. The topological polar surface area (TPSA) is 71.9 Å². The van der Waals surface area contributed by atoms with E-state index in [1.165, 1.54) is 12.0 Å². The predicted molar refractivity (Wildman–Crippen MR) is 85.2 cm³/mol. The lowest BCUT2D eigenvalue weighted by Crippen LogP contribution is -2.56. The number of fused-ring (bicyclic) bond motifs is 1. The van der Waals surface area contributed by atoms with E-state index < -0.39 is 18.2 Å². The maximum atomic E-state index is 12.9. The molecule has 2 heterocycles. The Hall–Kier alpha value is -2.02. The van der Waals surface area contributed by atoms with Crippen molar-refractivity contribution in [3.63, 3.8) is 0 Å². The van der Waals surface area contributed by atoms with Crippen molar-refractivity contribution in [3.8, 4) is 0 Å². The molecule has 3 atom stereocenters. The molecule has 1 N–H and O–H groups in total. The fourth-order valence-electron chi connectivity index (χ4n) is 2.93. The molecule has 23 heavy (non-hydrogen) atoms. The van der Waals surface area contributed by atoms with E-state index >= 15 is 0 Å². The van der Waals surface area contributed by atoms with Gasteiger partial charge in [-0.2, -0.15) is 0 Å². The van der Waals surface area contributed by atoms with Crippen LogP contribution in [0.15, 0.2) is 36.5 Å². The molecular weight excluding hydrogens is 296 g/mol. The molecule has 1 aromatic carbocycles. The Labute approximate surface area is 134 Å². The van der Waals surface area contributed by atoms with Crippen molar-refractivity contribution in [2.45, 2.75) is 18.2 Å². The number of methoxy groups -OCH3 is 1. The third-order valence-electron chi connectivity index (χ3n) is 4.34. The summed E-state index contributed by atoms with van der Waals surface area (Å²) in [7, 11) is 3.20. The highest BCUT2D eigenvalue weighted by atomic mass is 16.5. The number of aromatic nitrogens is 1. The van der Waals surface area contributed by atoms with Crippen molar-refractivity contribution in [3.05, 3.63) is 42.1 Å². The van der Waals surface area contributed by atoms with Crippen LogP contribution in [-0.4, -0.2) is 66.5 Å². The molecular formula is C17H20N2O4. The third-order valence-corrected chi connectivity index (χ3v) is 4.34. The predicted octanol–water partition coefficient (Wildman–Crippen LogP) is 1.08. The van der Waals surface area contributed by atoms with Gasteiger partial charge in [-0.05, 0) is 18.2 Å². The van der Waals surface area contributed by atoms with E-state index in [4.69, 9.17) is 9.47 Å². The standard InChI is InChI=1S/C17H20N2O4/c1-19(14-9-23-10-15(22-2)16(14)20)17(21)12-5-3-7-13-11(12)6-4-8-18-13/h3-8,14-16,20H,9-10H2,1-2H3/t14-,15-,16+/m1/s1. The summed E-state index contributed by atoms with van der Waals surface area (Å²) in [6.45, 7) is 0.612. The molecule has 2 aromatic rings. The molecule has 6 heteroatoms. The number of hydrogen-bond donors (Lipinski definition) is 1. The highest BCUT2D eigenvalue weighted by Crippen LogP contribution is 2.22. The van der Waals surface area contributed by atoms with Gasteiger partial charge in [-0.3, -0.25) is 9.78 Å². The summed E-state index contributed by atoms with van der Waals surface area (Å²) >= 11 is 0. The molecule has 122 valence electrons. The van der Waals surface area contributed by atoms with Gasteiger partial charge in [0.15, 0.2) is 0 Å². The minimum absolute atomic E-state index is 0.173. The van der Waals surface area contributed by atoms with Crippen molar-refractivity contribution in [1.29, 1.82) is 0 Å². The molecule has 1 saturated heterocycles. The van der Waals surface area contributed by atoms with Crippen molar-refractivity contribution >= 4 is 16.8 Å². The van der Waals surface area contributed by atoms with E-state index in [-0.39, 0.29) is 12.5 Å². The smallest absolute Gasteiger partial charge is 0.254 e. The second-order valence-electron chi connectivity index (χ2n) is 5.66. The van der Waals surface area contributed by atoms with Crippen LogP contribution in [0.3, 0.4) is 0 Å². The second-order valence-corrected chi connectivity index (χ2v) is 5.66. The molecule has 1 fully saturated rings. The van der Waals surface area contributed by atoms with Gasteiger partial charge in [0.25, 0.3) is 5.91 Å². The first-order valence-electron chi connectivity index (χ1n) is 7.53. The number of amides is 1. The first-order valence-corrected chi connectivity index (χ1v) is 7.53. The fourth-order valence-corrected chi connectivity index (χ4v) is 2.93. The summed E-state index contributed by atoms with van der Waals surface area (Å²) in [4.78, 5) is 18.7. The van der Waals surface area contributed by atoms with Crippen LogP contribution in [0.5, 0.6) is 0 Å². The number of carbonyl (C=O) groups excluding carboxylic acids is 1. The molecule has 1 aromatic heterocycles. The molecule has 0 bridgehead atoms. The Kier molecular flexibility index (Phi) is 4.56. The van der Waals surface area contributed by atoms with Gasteiger partial charge in [-0.25, -0.2) is 0 Å². The van der Waals surface area contributed by atoms with Crippen LogP contribution < -0.4 is 0 Å². The molecule has 1 aliphatic heterocycles. The Morgan fingerprint density at radius 3 is 2.96 bits per heavy atom. The Balaban J connectivity index is 1.89. The summed E-state index contributed by atoms with van der Waals surface area (Å²) in [5, 5.41) is 11.2. The Morgan fingerprint density at radius 1 is 1.35 bits per heavy atom. The largest absolute Gasteiger partial charge is 0.388 e. The number of aliphatic hydroxyl groups excluding tert-OH is 1. The lowest BCUT2D eigenvalue weighted by Gasteiger charge is -2.39. The van der Waals surface area contributed by atoms with Gasteiger partial charge in [-0.15, -0.1) is 0 Å². The summed E-state index contributed by atoms with van der Waals surface area (Å²) in [5.74, 6) is -0.173. The quantitative estimate of drug-likeness (QED) is 0.917. The summed E-state index contributed by atoms with van der Waals surface area (Å²) in [6, 6.07) is 8.67. The van der Waals surface area contributed by atoms with E-state index in [0.29, 0.717) is 12.2 Å². The first-order chi connectivity index (χ1) is 11.1. The minimum atomic E-state index is -0.782. The Morgan fingerprint density at radius 2 is 2.17 bits per heavy atom. The maximum Gasteiger partial charge on any atom is 0.254 e. The van der Waals surface area contributed by atoms with Crippen LogP contribution in [0.25, 0.3) is 10.9 Å². The number of nitrogens with zero attached hydrogens (tertiary/aromatic N) is 2. The number of hydrogen-bond acceptors (Lipinski definition) is 5. The van der Waals surface area contributed by atoms with Crippen LogP contribution in [-0.2, 0) is 9.47 Å². The SMILES string of the molecule is CO[C@@H]1COC[C@@H](N(C)C(=O)c2cccc3ncccc23)[C@@H]1O. The van der Waals surface area contributed by atoms with Crippen molar-refractivity contribution < 1.29 is 19.4 Å². The average Bonchev–Trinajstić information content (AvgIpc) is 2.60. The summed E-state index contributed by atoms with van der Waals surface area (Å²) in [6.07, 6.45) is 0.483. The number of rotatable bonds is 3. The second kappa shape index (κ2) is 6.62. The lowest BCUT2D eigenvalue weighted by atomic mass is 10.0. The summed E-state index contributed by atoms with van der Waals surface area (Å²) in [5.41, 5.74) is 1.33. The molecule has 1 amide bonds. The molecule has 0 saturated carbocycles. The number of benzene rings is 1. The van der Waals surface area contributed by atoms with Gasteiger partial charge in [0.1, 0.15) is 12.2 Å². The number of pyridine rings is 1. The van der Waals surface area contributed by atoms with E-state index in [0.717, 1.165) is 10.9 Å². The van der Waals surface area contributed by atoms with Crippen LogP contribution >= 0.6 is 0 Å². The normalized spacial score (nSPS) is 24.6. The van der Waals surface area contributed by atoms with E-state index in [2.05, 4.69) is 4.98 Å². The van der Waals surface area contributed by atoms with Crippen molar-refractivity contribution in [2.75, 3.05) is 27.4 Å². The maximum absolute atomic E-state index is 12.9. The molecule has 0 unspecified atom stereocenters. The fraction of sp³-hybridized carbons (Fsp3) is 0.412. The van der Waals surface area contributed by atoms with Gasteiger partial charge in [0.2, 0.25) is 0 Å². The monoisotopic (exact) mass is 316 g/mol. The van der Waals surface area contributed by atoms with Gasteiger partial charge in [0, 0.05) is 31.3 Å². The van der Waals surface area contributed by atoms with Gasteiger partial charge in [-0.1, -0.05) is 12.1 Å². The highest BCUT2D eigenvalue weighted by Gasteiger charge is 2.37.